The van der Waals surface area contributed by atoms with Crippen LogP contribution in [0.2, 0.25) is 5.02 Å². The lowest BCUT2D eigenvalue weighted by molar-refractivity contribution is -0.120. The Kier molecular flexibility index (Phi) is 5.14. The Morgan fingerprint density at radius 3 is 3.00 bits per heavy atom. The molecule has 0 spiro atoms. The van der Waals surface area contributed by atoms with E-state index in [0.717, 1.165) is 54.0 Å². The Hall–Kier alpha value is -2.37. The number of aryl methyl sites for hydroxylation is 1. The molecule has 6 heteroatoms. The van der Waals surface area contributed by atoms with Crippen molar-refractivity contribution in [1.29, 1.82) is 0 Å². The van der Waals surface area contributed by atoms with Crippen molar-refractivity contribution in [3.8, 4) is 0 Å². The van der Waals surface area contributed by atoms with Gasteiger partial charge >= 0.3 is 0 Å². The van der Waals surface area contributed by atoms with E-state index in [1.807, 2.05) is 43.3 Å². The van der Waals surface area contributed by atoms with E-state index < -0.39 is 0 Å². The number of halogens is 1. The van der Waals surface area contributed by atoms with Crippen LogP contribution in [0, 0.1) is 12.8 Å². The number of amides is 1. The summed E-state index contributed by atoms with van der Waals surface area (Å²) in [6, 6.07) is 13.7. The first-order valence-electron chi connectivity index (χ1n) is 9.33. The van der Waals surface area contributed by atoms with Crippen LogP contribution >= 0.6 is 11.6 Å². The summed E-state index contributed by atoms with van der Waals surface area (Å²) >= 11 is 6.45. The lowest BCUT2D eigenvalue weighted by atomic mass is 9.99. The van der Waals surface area contributed by atoms with Gasteiger partial charge in [0, 0.05) is 17.3 Å². The van der Waals surface area contributed by atoms with Gasteiger partial charge in [-0.3, -0.25) is 4.79 Å². The number of rotatable bonds is 4. The van der Waals surface area contributed by atoms with Gasteiger partial charge in [0.2, 0.25) is 5.91 Å². The minimum Gasteiger partial charge on any atom is -0.326 e. The summed E-state index contributed by atoms with van der Waals surface area (Å²) in [5.41, 5.74) is 3.80. The molecular weight excluding hydrogens is 360 g/mol. The number of nitrogens with zero attached hydrogens (tertiary/aromatic N) is 2. The number of anilines is 1. The first kappa shape index (κ1) is 18.0. The molecule has 140 valence electrons. The van der Waals surface area contributed by atoms with Crippen LogP contribution in [-0.4, -0.2) is 28.5 Å². The van der Waals surface area contributed by atoms with Crippen molar-refractivity contribution in [2.75, 3.05) is 18.4 Å². The molecule has 27 heavy (non-hydrogen) atoms. The molecule has 1 aromatic heterocycles. The van der Waals surface area contributed by atoms with Crippen LogP contribution in [0.25, 0.3) is 11.0 Å². The molecule has 5 nitrogen and oxygen atoms in total. The van der Waals surface area contributed by atoms with Crippen molar-refractivity contribution in [2.45, 2.75) is 26.3 Å². The van der Waals surface area contributed by atoms with E-state index in [0.29, 0.717) is 11.6 Å². The van der Waals surface area contributed by atoms with Gasteiger partial charge in [-0.2, -0.15) is 0 Å². The third-order valence-corrected chi connectivity index (χ3v) is 5.52. The monoisotopic (exact) mass is 382 g/mol. The van der Waals surface area contributed by atoms with Crippen LogP contribution in [0.15, 0.2) is 42.5 Å². The average Bonchev–Trinajstić information content (AvgIpc) is 3.00. The summed E-state index contributed by atoms with van der Waals surface area (Å²) in [4.78, 5) is 17.1. The van der Waals surface area contributed by atoms with E-state index in [2.05, 4.69) is 26.3 Å². The fourth-order valence-corrected chi connectivity index (χ4v) is 3.84. The van der Waals surface area contributed by atoms with E-state index >= 15 is 0 Å². The number of imidazole rings is 1. The Bertz CT molecular complexity index is 975. The summed E-state index contributed by atoms with van der Waals surface area (Å²) in [7, 11) is 0. The number of hydrogen-bond acceptors (Lipinski definition) is 3. The lowest BCUT2D eigenvalue weighted by Gasteiger charge is -2.22. The number of aromatic nitrogens is 2. The molecule has 1 atom stereocenters. The molecule has 1 saturated heterocycles. The number of nitrogens with one attached hydrogen (secondary N) is 2. The number of hydrogen-bond donors (Lipinski definition) is 2. The summed E-state index contributed by atoms with van der Waals surface area (Å²) in [6.45, 7) is 4.34. The zero-order valence-corrected chi connectivity index (χ0v) is 16.1. The molecule has 2 heterocycles. The summed E-state index contributed by atoms with van der Waals surface area (Å²) < 4.78 is 2.15. The highest BCUT2D eigenvalue weighted by Crippen LogP contribution is 2.25. The third kappa shape index (κ3) is 3.84. The van der Waals surface area contributed by atoms with Crippen molar-refractivity contribution < 1.29 is 4.79 Å². The molecule has 3 aromatic rings. The van der Waals surface area contributed by atoms with Gasteiger partial charge in [-0.25, -0.2) is 4.98 Å². The Balaban J connectivity index is 1.57. The summed E-state index contributed by atoms with van der Waals surface area (Å²) in [5.74, 6) is 1.03. The zero-order chi connectivity index (χ0) is 18.8. The van der Waals surface area contributed by atoms with Gasteiger partial charge in [-0.1, -0.05) is 23.7 Å². The maximum Gasteiger partial charge on any atom is 0.228 e. The molecule has 1 aliphatic heterocycles. The van der Waals surface area contributed by atoms with Gasteiger partial charge in [0.15, 0.2) is 0 Å². The largest absolute Gasteiger partial charge is 0.326 e. The van der Waals surface area contributed by atoms with Gasteiger partial charge in [0.1, 0.15) is 5.82 Å². The fraction of sp³-hybridized carbons (Fsp3) is 0.333. The third-order valence-electron chi connectivity index (χ3n) is 5.15. The molecule has 2 aromatic carbocycles. The topological polar surface area (TPSA) is 59.0 Å². The molecule has 0 radical (unpaired) electrons. The van der Waals surface area contributed by atoms with Crippen molar-refractivity contribution in [3.05, 3.63) is 58.9 Å². The quantitative estimate of drug-likeness (QED) is 0.717. The van der Waals surface area contributed by atoms with Gasteiger partial charge in [0.25, 0.3) is 0 Å². The smallest absolute Gasteiger partial charge is 0.228 e. The summed E-state index contributed by atoms with van der Waals surface area (Å²) in [6.07, 6.45) is 1.97. The maximum atomic E-state index is 12.5. The van der Waals surface area contributed by atoms with Crippen molar-refractivity contribution in [1.82, 2.24) is 14.9 Å². The number of carbonyl (C=O) groups is 1. The van der Waals surface area contributed by atoms with Crippen LogP contribution < -0.4 is 10.6 Å². The van der Waals surface area contributed by atoms with Crippen LogP contribution in [0.5, 0.6) is 0 Å². The van der Waals surface area contributed by atoms with E-state index in [-0.39, 0.29) is 11.8 Å². The minimum absolute atomic E-state index is 0.0257. The zero-order valence-electron chi connectivity index (χ0n) is 15.3. The molecule has 0 aliphatic carbocycles. The number of carbonyl (C=O) groups excluding carboxylic acids is 1. The van der Waals surface area contributed by atoms with E-state index in [1.54, 1.807) is 0 Å². The van der Waals surface area contributed by atoms with E-state index in [4.69, 9.17) is 11.6 Å². The number of para-hydroxylation sites is 2. The number of piperidine rings is 1. The molecule has 0 bridgehead atoms. The Morgan fingerprint density at radius 2 is 2.19 bits per heavy atom. The SMILES string of the molecule is Cc1nc2ccccc2n1Cc1cc(NC(=O)[C@H]2CCCNC2)ccc1Cl. The average molecular weight is 383 g/mol. The number of fused-ring (bicyclic) bond motifs is 1. The fourth-order valence-electron chi connectivity index (χ4n) is 3.66. The van der Waals surface area contributed by atoms with Crippen LogP contribution in [0.4, 0.5) is 5.69 Å². The number of benzene rings is 2. The van der Waals surface area contributed by atoms with Gasteiger partial charge in [0.05, 0.1) is 23.5 Å². The predicted molar refractivity (Wildman–Crippen MR) is 109 cm³/mol. The van der Waals surface area contributed by atoms with Crippen LogP contribution in [0.1, 0.15) is 24.2 Å². The first-order chi connectivity index (χ1) is 13.1. The van der Waals surface area contributed by atoms with Gasteiger partial charge in [-0.15, -0.1) is 0 Å². The highest BCUT2D eigenvalue weighted by Gasteiger charge is 2.21. The van der Waals surface area contributed by atoms with Crippen molar-refractivity contribution in [2.24, 2.45) is 5.92 Å². The van der Waals surface area contributed by atoms with E-state index in [1.165, 1.54) is 0 Å². The van der Waals surface area contributed by atoms with Gasteiger partial charge < -0.3 is 15.2 Å². The molecule has 1 aliphatic rings. The molecule has 4 rings (SSSR count). The molecule has 1 fully saturated rings. The standard InChI is InChI=1S/C21H23ClN4O/c1-14-24-19-6-2-3-7-20(19)26(14)13-16-11-17(8-9-18(16)22)25-21(27)15-5-4-10-23-12-15/h2-3,6-9,11,15,23H,4-5,10,12-13H2,1H3,(H,25,27)/t15-/m0/s1. The minimum atomic E-state index is 0.0257. The normalized spacial score (nSPS) is 17.2. The molecule has 0 saturated carbocycles. The highest BCUT2D eigenvalue weighted by molar-refractivity contribution is 6.31. The van der Waals surface area contributed by atoms with Crippen molar-refractivity contribution in [3.63, 3.8) is 0 Å². The lowest BCUT2D eigenvalue weighted by Crippen LogP contribution is -2.37. The van der Waals surface area contributed by atoms with E-state index in [9.17, 15) is 4.79 Å². The highest BCUT2D eigenvalue weighted by atomic mass is 35.5. The van der Waals surface area contributed by atoms with Crippen LogP contribution in [-0.2, 0) is 11.3 Å². The second-order valence-electron chi connectivity index (χ2n) is 7.07. The molecular formula is C21H23ClN4O. The van der Waals surface area contributed by atoms with Crippen LogP contribution in [0.3, 0.4) is 0 Å². The Morgan fingerprint density at radius 1 is 1.33 bits per heavy atom. The molecule has 0 unspecified atom stereocenters. The molecule has 1 amide bonds. The first-order valence-corrected chi connectivity index (χ1v) is 9.71. The molecule has 2 N–H and O–H groups in total. The second-order valence-corrected chi connectivity index (χ2v) is 7.48. The van der Waals surface area contributed by atoms with Gasteiger partial charge in [-0.05, 0) is 62.2 Å². The summed E-state index contributed by atoms with van der Waals surface area (Å²) in [5, 5.41) is 7.02. The second kappa shape index (κ2) is 7.71. The maximum absolute atomic E-state index is 12.5. The van der Waals surface area contributed by atoms with Crippen molar-refractivity contribution >= 4 is 34.2 Å². The Labute approximate surface area is 163 Å². The predicted octanol–water partition coefficient (Wildman–Crippen LogP) is 3.98.